The van der Waals surface area contributed by atoms with E-state index in [1.807, 2.05) is 0 Å². The first-order chi connectivity index (χ1) is 9.31. The van der Waals surface area contributed by atoms with E-state index >= 15 is 0 Å². The quantitative estimate of drug-likeness (QED) is 0.578. The van der Waals surface area contributed by atoms with Crippen LogP contribution < -0.4 is 0 Å². The van der Waals surface area contributed by atoms with E-state index in [0.717, 1.165) is 12.5 Å². The Labute approximate surface area is 124 Å². The molecule has 0 saturated carbocycles. The molecule has 0 saturated heterocycles. The molecule has 0 radical (unpaired) electrons. The van der Waals surface area contributed by atoms with Crippen molar-refractivity contribution in [3.8, 4) is 0 Å². The molecule has 6 heteroatoms. The molecule has 1 aromatic carbocycles. The van der Waals surface area contributed by atoms with Gasteiger partial charge in [0.1, 0.15) is 0 Å². The summed E-state index contributed by atoms with van der Waals surface area (Å²) < 4.78 is 43.5. The number of alkyl halides is 4. The maximum Gasteiger partial charge on any atom is 0.392 e. The van der Waals surface area contributed by atoms with Crippen molar-refractivity contribution in [2.24, 2.45) is 5.92 Å². The van der Waals surface area contributed by atoms with E-state index in [9.17, 15) is 18.0 Å². The molecule has 0 N–H and O–H groups in total. The molecule has 2 atom stereocenters. The van der Waals surface area contributed by atoms with Crippen molar-refractivity contribution in [2.45, 2.75) is 31.3 Å². The molecular weight excluding hydrogens is 337 g/mol. The van der Waals surface area contributed by atoms with Crippen LogP contribution in [-0.4, -0.2) is 18.8 Å². The first-order valence-electron chi connectivity index (χ1n) is 6.19. The summed E-state index contributed by atoms with van der Waals surface area (Å²) >= 11 is 3.26. The van der Waals surface area contributed by atoms with Crippen LogP contribution in [0.1, 0.15) is 30.9 Å². The number of hydrogen-bond donors (Lipinski definition) is 0. The minimum absolute atomic E-state index is 0.0550. The van der Waals surface area contributed by atoms with Gasteiger partial charge in [-0.1, -0.05) is 47.1 Å². The number of carbonyl (C=O) groups is 1. The molecule has 1 rings (SSSR count). The molecule has 20 heavy (non-hydrogen) atoms. The van der Waals surface area contributed by atoms with E-state index in [1.165, 1.54) is 0 Å². The van der Waals surface area contributed by atoms with Crippen LogP contribution in [0.2, 0.25) is 0 Å². The fraction of sp³-hybridized carbons (Fsp3) is 0.500. The number of carbonyl (C=O) groups excluding carboxylic acids is 1. The zero-order valence-corrected chi connectivity index (χ0v) is 12.8. The molecular formula is C14H16BrF3O2. The number of ether oxygens (including phenoxy) is 1. The Bertz CT molecular complexity index is 443. The minimum Gasteiger partial charge on any atom is -0.466 e. The van der Waals surface area contributed by atoms with Crippen LogP contribution in [0.5, 0.6) is 0 Å². The highest BCUT2D eigenvalue weighted by atomic mass is 79.9. The van der Waals surface area contributed by atoms with Crippen molar-refractivity contribution in [3.05, 3.63) is 35.4 Å². The molecule has 2 nitrogen and oxygen atoms in total. The van der Waals surface area contributed by atoms with Gasteiger partial charge in [0.15, 0.2) is 0 Å². The maximum atomic E-state index is 12.9. The predicted octanol–water partition coefficient (Wildman–Crippen LogP) is 4.43. The Kier molecular flexibility index (Phi) is 6.05. The molecule has 0 aromatic heterocycles. The van der Waals surface area contributed by atoms with E-state index < -0.39 is 24.0 Å². The first kappa shape index (κ1) is 17.0. The average Bonchev–Trinajstić information content (AvgIpc) is 2.39. The monoisotopic (exact) mass is 352 g/mol. The van der Waals surface area contributed by atoms with Gasteiger partial charge in [-0.3, -0.25) is 4.79 Å². The van der Waals surface area contributed by atoms with Crippen LogP contribution in [0.3, 0.4) is 0 Å². The Morgan fingerprint density at radius 3 is 2.25 bits per heavy atom. The van der Waals surface area contributed by atoms with E-state index in [0.29, 0.717) is 10.9 Å². The molecule has 0 aliphatic carbocycles. The first-order valence-corrected chi connectivity index (χ1v) is 7.31. The topological polar surface area (TPSA) is 26.3 Å². The number of rotatable bonds is 5. The summed E-state index contributed by atoms with van der Waals surface area (Å²) in [6.07, 6.45) is -4.45. The number of esters is 1. The van der Waals surface area contributed by atoms with Gasteiger partial charge in [-0.25, -0.2) is 0 Å². The average molecular weight is 353 g/mol. The van der Waals surface area contributed by atoms with Gasteiger partial charge in [0.2, 0.25) is 0 Å². The second-order valence-electron chi connectivity index (χ2n) is 4.44. The van der Waals surface area contributed by atoms with Gasteiger partial charge in [0.25, 0.3) is 0 Å². The van der Waals surface area contributed by atoms with Crippen molar-refractivity contribution in [3.63, 3.8) is 0 Å². The number of halogens is 4. The smallest absolute Gasteiger partial charge is 0.392 e. The molecule has 0 aliphatic heterocycles. The molecule has 0 fully saturated rings. The van der Waals surface area contributed by atoms with Crippen molar-refractivity contribution in [2.75, 3.05) is 6.61 Å². The van der Waals surface area contributed by atoms with E-state index in [4.69, 9.17) is 4.74 Å². The van der Waals surface area contributed by atoms with Crippen LogP contribution >= 0.6 is 15.9 Å². The highest BCUT2D eigenvalue weighted by Crippen LogP contribution is 2.38. The van der Waals surface area contributed by atoms with Gasteiger partial charge < -0.3 is 4.74 Å². The fourth-order valence-electron chi connectivity index (χ4n) is 1.86. The Morgan fingerprint density at radius 1 is 1.30 bits per heavy atom. The molecule has 1 aromatic rings. The van der Waals surface area contributed by atoms with Gasteiger partial charge in [-0.2, -0.15) is 13.2 Å². The van der Waals surface area contributed by atoms with Gasteiger partial charge in [0, 0.05) is 5.33 Å². The normalized spacial score (nSPS) is 14.7. The molecule has 0 heterocycles. The Balaban J connectivity index is 3.12. The van der Waals surface area contributed by atoms with E-state index in [-0.39, 0.29) is 6.61 Å². The molecule has 0 amide bonds. The van der Waals surface area contributed by atoms with Crippen LogP contribution in [0.25, 0.3) is 0 Å². The molecule has 0 bridgehead atoms. The minimum atomic E-state index is -4.45. The lowest BCUT2D eigenvalue weighted by atomic mass is 9.86. The second-order valence-corrected chi connectivity index (χ2v) is 5.00. The summed E-state index contributed by atoms with van der Waals surface area (Å²) in [6.45, 7) is 2.63. The maximum absolute atomic E-state index is 12.9. The summed E-state index contributed by atoms with van der Waals surface area (Å²) in [4.78, 5) is 11.9. The lowest BCUT2D eigenvalue weighted by Crippen LogP contribution is -2.32. The van der Waals surface area contributed by atoms with Crippen molar-refractivity contribution >= 4 is 21.9 Å². The van der Waals surface area contributed by atoms with Gasteiger partial charge >= 0.3 is 12.1 Å². The van der Waals surface area contributed by atoms with Gasteiger partial charge in [0.05, 0.1) is 18.4 Å². The van der Waals surface area contributed by atoms with Crippen molar-refractivity contribution in [1.82, 2.24) is 0 Å². The third-order valence-electron chi connectivity index (χ3n) is 3.05. The highest BCUT2D eigenvalue weighted by molar-refractivity contribution is 9.08. The molecule has 0 spiro atoms. The summed E-state index contributed by atoms with van der Waals surface area (Å²) in [5.41, 5.74) is 1.24. The number of benzene rings is 1. The van der Waals surface area contributed by atoms with Crippen LogP contribution in [0.15, 0.2) is 24.3 Å². The summed E-state index contributed by atoms with van der Waals surface area (Å²) in [5.74, 6) is -3.97. The van der Waals surface area contributed by atoms with Crippen LogP contribution in [0, 0.1) is 5.92 Å². The standard InChI is InChI=1S/C14H16BrF3O2/c1-3-20-13(19)12(9(2)14(16,17)18)11-6-4-10(8-15)5-7-11/h4-7,9,12H,3,8H2,1-2H3. The molecule has 112 valence electrons. The van der Waals surface area contributed by atoms with E-state index in [1.54, 1.807) is 31.2 Å². The predicted molar refractivity (Wildman–Crippen MR) is 73.7 cm³/mol. The largest absolute Gasteiger partial charge is 0.466 e. The Hall–Kier alpha value is -1.04. The second kappa shape index (κ2) is 7.11. The van der Waals surface area contributed by atoms with Gasteiger partial charge in [-0.15, -0.1) is 0 Å². The zero-order valence-electron chi connectivity index (χ0n) is 11.2. The van der Waals surface area contributed by atoms with Crippen molar-refractivity contribution < 1.29 is 22.7 Å². The molecule has 2 unspecified atom stereocenters. The lowest BCUT2D eigenvalue weighted by Gasteiger charge is -2.25. The van der Waals surface area contributed by atoms with Crippen molar-refractivity contribution in [1.29, 1.82) is 0 Å². The molecule has 0 aliphatic rings. The fourth-order valence-corrected chi connectivity index (χ4v) is 2.24. The van der Waals surface area contributed by atoms with Gasteiger partial charge in [-0.05, 0) is 18.1 Å². The zero-order chi connectivity index (χ0) is 15.3. The summed E-state index contributed by atoms with van der Waals surface area (Å²) in [7, 11) is 0. The van der Waals surface area contributed by atoms with Crippen LogP contribution in [-0.2, 0) is 14.9 Å². The summed E-state index contributed by atoms with van der Waals surface area (Å²) in [6, 6.07) is 6.47. The Morgan fingerprint density at radius 2 is 1.85 bits per heavy atom. The lowest BCUT2D eigenvalue weighted by molar-refractivity contribution is -0.185. The number of hydrogen-bond acceptors (Lipinski definition) is 2. The third-order valence-corrected chi connectivity index (χ3v) is 3.70. The SMILES string of the molecule is CCOC(=O)C(c1ccc(CBr)cc1)C(C)C(F)(F)F. The summed E-state index contributed by atoms with van der Waals surface area (Å²) in [5, 5.41) is 0.603. The highest BCUT2D eigenvalue weighted by Gasteiger charge is 2.45. The van der Waals surface area contributed by atoms with Crippen LogP contribution in [0.4, 0.5) is 13.2 Å². The van der Waals surface area contributed by atoms with E-state index in [2.05, 4.69) is 15.9 Å². The third kappa shape index (κ3) is 4.23.